The number of rotatable bonds is 4. The summed E-state index contributed by atoms with van der Waals surface area (Å²) in [5.74, 6) is 5.68. The lowest BCUT2D eigenvalue weighted by molar-refractivity contribution is 0.208. The van der Waals surface area contributed by atoms with Crippen molar-refractivity contribution in [2.75, 3.05) is 20.3 Å². The molecule has 1 aromatic heterocycles. The monoisotopic (exact) mass is 224 g/mol. The third kappa shape index (κ3) is 3.18. The first-order chi connectivity index (χ1) is 7.69. The lowest BCUT2D eigenvalue weighted by Gasteiger charge is -2.05. The number of ether oxygens (including phenoxy) is 1. The molecule has 6 heteroatoms. The number of amidine groups is 1. The number of nitrogens with one attached hydrogen (secondary N) is 2. The third-order valence-corrected chi connectivity index (χ3v) is 2.01. The van der Waals surface area contributed by atoms with Gasteiger partial charge in [-0.2, -0.15) is 0 Å². The molecule has 1 heterocycles. The van der Waals surface area contributed by atoms with E-state index < -0.39 is 0 Å². The first kappa shape index (κ1) is 12.4. The second kappa shape index (κ2) is 6.04. The molecule has 0 atom stereocenters. The van der Waals surface area contributed by atoms with Crippen molar-refractivity contribution in [1.82, 2.24) is 10.4 Å². The molecule has 0 saturated heterocycles. The number of aromatic amines is 1. The van der Waals surface area contributed by atoms with E-state index in [0.717, 1.165) is 5.69 Å². The van der Waals surface area contributed by atoms with Crippen LogP contribution in [-0.2, 0) is 4.74 Å². The number of H-pyrrole nitrogens is 1. The van der Waals surface area contributed by atoms with E-state index >= 15 is 0 Å². The van der Waals surface area contributed by atoms with Crippen LogP contribution in [0.3, 0.4) is 0 Å². The SMILES string of the molecule is COCCN=C(NN)c1c[nH]c(C)cc1=O. The average molecular weight is 224 g/mol. The highest BCUT2D eigenvalue weighted by Crippen LogP contribution is 1.93. The molecule has 88 valence electrons. The third-order valence-electron chi connectivity index (χ3n) is 2.01. The zero-order valence-corrected chi connectivity index (χ0v) is 9.41. The fraction of sp³-hybridized carbons (Fsp3) is 0.400. The van der Waals surface area contributed by atoms with Crippen LogP contribution in [0.2, 0.25) is 0 Å². The molecule has 0 amide bonds. The van der Waals surface area contributed by atoms with Gasteiger partial charge >= 0.3 is 0 Å². The summed E-state index contributed by atoms with van der Waals surface area (Å²) in [4.78, 5) is 18.7. The van der Waals surface area contributed by atoms with Crippen LogP contribution in [0.25, 0.3) is 0 Å². The zero-order valence-electron chi connectivity index (χ0n) is 9.41. The van der Waals surface area contributed by atoms with Crippen LogP contribution < -0.4 is 16.7 Å². The van der Waals surface area contributed by atoms with E-state index in [4.69, 9.17) is 10.6 Å². The molecule has 0 aromatic carbocycles. The number of hydrogen-bond acceptors (Lipinski definition) is 4. The maximum atomic E-state index is 11.6. The maximum Gasteiger partial charge on any atom is 0.192 e. The number of pyridine rings is 1. The molecule has 0 fully saturated rings. The number of aryl methyl sites for hydroxylation is 1. The highest BCUT2D eigenvalue weighted by atomic mass is 16.5. The lowest BCUT2D eigenvalue weighted by Crippen LogP contribution is -2.35. The van der Waals surface area contributed by atoms with E-state index in [1.165, 1.54) is 6.07 Å². The fourth-order valence-corrected chi connectivity index (χ4v) is 1.22. The van der Waals surface area contributed by atoms with Crippen LogP contribution in [0.15, 0.2) is 22.1 Å². The van der Waals surface area contributed by atoms with Gasteiger partial charge in [0.1, 0.15) is 5.84 Å². The molecule has 0 radical (unpaired) electrons. The minimum atomic E-state index is -0.120. The van der Waals surface area contributed by atoms with Crippen LogP contribution >= 0.6 is 0 Å². The molecule has 1 aromatic rings. The van der Waals surface area contributed by atoms with Gasteiger partial charge in [-0.25, -0.2) is 5.84 Å². The summed E-state index contributed by atoms with van der Waals surface area (Å²) in [6.45, 7) is 2.74. The number of nitrogens with zero attached hydrogens (tertiary/aromatic N) is 1. The molecular formula is C10H16N4O2. The highest BCUT2D eigenvalue weighted by Gasteiger charge is 2.06. The van der Waals surface area contributed by atoms with Crippen molar-refractivity contribution in [3.63, 3.8) is 0 Å². The van der Waals surface area contributed by atoms with E-state index in [9.17, 15) is 4.79 Å². The Balaban J connectivity index is 2.95. The molecule has 1 rings (SSSR count). The molecule has 4 N–H and O–H groups in total. The standard InChI is InChI=1S/C10H16N4O2/c1-7-5-9(15)8(6-13-7)10(14-11)12-3-4-16-2/h5-6H,3-4,11H2,1-2H3,(H,12,14)(H,13,15). The van der Waals surface area contributed by atoms with Gasteiger partial charge < -0.3 is 15.1 Å². The van der Waals surface area contributed by atoms with Crippen LogP contribution in [0.1, 0.15) is 11.3 Å². The van der Waals surface area contributed by atoms with Gasteiger partial charge in [-0.15, -0.1) is 0 Å². The first-order valence-electron chi connectivity index (χ1n) is 4.88. The molecule has 6 nitrogen and oxygen atoms in total. The molecule has 0 unspecified atom stereocenters. The highest BCUT2D eigenvalue weighted by molar-refractivity contribution is 5.98. The summed E-state index contributed by atoms with van der Waals surface area (Å²) in [6, 6.07) is 1.50. The van der Waals surface area contributed by atoms with Gasteiger partial charge in [-0.3, -0.25) is 9.79 Å². The lowest BCUT2D eigenvalue weighted by atomic mass is 10.2. The molecule has 0 spiro atoms. The largest absolute Gasteiger partial charge is 0.383 e. The van der Waals surface area contributed by atoms with Gasteiger partial charge in [0.05, 0.1) is 18.7 Å². The number of aromatic nitrogens is 1. The van der Waals surface area contributed by atoms with E-state index in [-0.39, 0.29) is 5.43 Å². The van der Waals surface area contributed by atoms with E-state index in [0.29, 0.717) is 24.6 Å². The van der Waals surface area contributed by atoms with Crippen molar-refractivity contribution < 1.29 is 4.74 Å². The Kier molecular flexibility index (Phi) is 4.68. The van der Waals surface area contributed by atoms with Gasteiger partial charge in [-0.05, 0) is 6.92 Å². The van der Waals surface area contributed by atoms with E-state index in [2.05, 4.69) is 15.4 Å². The van der Waals surface area contributed by atoms with Crippen molar-refractivity contribution in [2.45, 2.75) is 6.92 Å². The zero-order chi connectivity index (χ0) is 12.0. The van der Waals surface area contributed by atoms with Crippen molar-refractivity contribution in [2.24, 2.45) is 10.8 Å². The molecule has 0 aliphatic heterocycles. The van der Waals surface area contributed by atoms with Gasteiger partial charge in [0.25, 0.3) is 0 Å². The van der Waals surface area contributed by atoms with Gasteiger partial charge in [0, 0.05) is 25.1 Å². The van der Waals surface area contributed by atoms with E-state index in [1.54, 1.807) is 13.3 Å². The Bertz CT molecular complexity index is 425. The Morgan fingerprint density at radius 2 is 2.44 bits per heavy atom. The molecule has 0 aliphatic rings. The Labute approximate surface area is 93.5 Å². The maximum absolute atomic E-state index is 11.6. The number of methoxy groups -OCH3 is 1. The summed E-state index contributed by atoms with van der Waals surface area (Å²) in [5, 5.41) is 0. The summed E-state index contributed by atoms with van der Waals surface area (Å²) < 4.78 is 4.86. The minimum Gasteiger partial charge on any atom is -0.383 e. The quantitative estimate of drug-likeness (QED) is 0.212. The Hall–Kier alpha value is -1.66. The number of aliphatic imine (C=N–C) groups is 1. The average Bonchev–Trinajstić information content (AvgIpc) is 2.26. The molecule has 0 bridgehead atoms. The van der Waals surface area contributed by atoms with Crippen molar-refractivity contribution in [3.05, 3.63) is 33.7 Å². The summed E-state index contributed by atoms with van der Waals surface area (Å²) >= 11 is 0. The fourth-order valence-electron chi connectivity index (χ4n) is 1.22. The smallest absolute Gasteiger partial charge is 0.192 e. The van der Waals surface area contributed by atoms with Crippen molar-refractivity contribution in [1.29, 1.82) is 0 Å². The summed E-state index contributed by atoms with van der Waals surface area (Å²) in [7, 11) is 1.59. The number of nitrogens with two attached hydrogens (primary N) is 1. The second-order valence-electron chi connectivity index (χ2n) is 3.26. The predicted molar refractivity (Wildman–Crippen MR) is 62.4 cm³/mol. The van der Waals surface area contributed by atoms with Crippen molar-refractivity contribution in [3.8, 4) is 0 Å². The Morgan fingerprint density at radius 3 is 3.00 bits per heavy atom. The first-order valence-corrected chi connectivity index (χ1v) is 4.88. The van der Waals surface area contributed by atoms with Crippen molar-refractivity contribution >= 4 is 5.84 Å². The van der Waals surface area contributed by atoms with Crippen LogP contribution in [0.4, 0.5) is 0 Å². The molecular weight excluding hydrogens is 208 g/mol. The molecule has 0 aliphatic carbocycles. The molecule has 16 heavy (non-hydrogen) atoms. The minimum absolute atomic E-state index is 0.120. The topological polar surface area (TPSA) is 92.5 Å². The number of hydrazine groups is 1. The van der Waals surface area contributed by atoms with E-state index in [1.807, 2.05) is 6.92 Å². The number of hydrogen-bond donors (Lipinski definition) is 3. The van der Waals surface area contributed by atoms with Crippen LogP contribution in [0, 0.1) is 6.92 Å². The van der Waals surface area contributed by atoms with Gasteiger partial charge in [0.2, 0.25) is 0 Å². The summed E-state index contributed by atoms with van der Waals surface area (Å²) in [6.07, 6.45) is 1.59. The molecule has 0 saturated carbocycles. The van der Waals surface area contributed by atoms with Crippen LogP contribution in [0.5, 0.6) is 0 Å². The van der Waals surface area contributed by atoms with Gasteiger partial charge in [-0.1, -0.05) is 0 Å². The van der Waals surface area contributed by atoms with Gasteiger partial charge in [0.15, 0.2) is 5.43 Å². The predicted octanol–water partition coefficient (Wildman–Crippen LogP) is -0.460. The Morgan fingerprint density at radius 1 is 1.69 bits per heavy atom. The summed E-state index contributed by atoms with van der Waals surface area (Å²) in [5.41, 5.74) is 3.51. The van der Waals surface area contributed by atoms with Crippen LogP contribution in [-0.4, -0.2) is 31.1 Å². The second-order valence-corrected chi connectivity index (χ2v) is 3.26. The normalized spacial score (nSPS) is 11.6.